The Hall–Kier alpha value is -1.10. The maximum atomic E-state index is 11.3. The van der Waals surface area contributed by atoms with E-state index in [2.05, 4.69) is 5.32 Å². The van der Waals surface area contributed by atoms with Crippen molar-refractivity contribution in [3.8, 4) is 0 Å². The van der Waals surface area contributed by atoms with E-state index >= 15 is 0 Å². The summed E-state index contributed by atoms with van der Waals surface area (Å²) >= 11 is 0. The maximum Gasteiger partial charge on any atom is 0.324 e. The first-order valence-corrected chi connectivity index (χ1v) is 4.90. The van der Waals surface area contributed by atoms with Gasteiger partial charge in [-0.2, -0.15) is 0 Å². The van der Waals surface area contributed by atoms with Crippen molar-refractivity contribution in [2.75, 3.05) is 13.2 Å². The molecular formula is C9H14N2O3. The summed E-state index contributed by atoms with van der Waals surface area (Å²) in [6.07, 6.45) is 2.10. The Morgan fingerprint density at radius 3 is 2.86 bits per heavy atom. The first kappa shape index (κ1) is 9.45. The topological polar surface area (TPSA) is 58.6 Å². The summed E-state index contributed by atoms with van der Waals surface area (Å²) in [5.74, 6) is -0.222. The average molecular weight is 198 g/mol. The highest BCUT2D eigenvalue weighted by Gasteiger charge is 2.35. The lowest BCUT2D eigenvalue weighted by Crippen LogP contribution is -2.43. The van der Waals surface area contributed by atoms with Crippen LogP contribution >= 0.6 is 0 Å². The second kappa shape index (κ2) is 3.57. The van der Waals surface area contributed by atoms with E-state index in [1.54, 1.807) is 4.90 Å². The van der Waals surface area contributed by atoms with Gasteiger partial charge in [0.25, 0.3) is 0 Å². The second-order valence-corrected chi connectivity index (χ2v) is 3.77. The Morgan fingerprint density at radius 1 is 1.57 bits per heavy atom. The Labute approximate surface area is 82.4 Å². The van der Waals surface area contributed by atoms with E-state index in [0.717, 1.165) is 19.4 Å². The van der Waals surface area contributed by atoms with E-state index in [-0.39, 0.29) is 30.6 Å². The zero-order valence-electron chi connectivity index (χ0n) is 8.16. The van der Waals surface area contributed by atoms with Gasteiger partial charge in [-0.3, -0.25) is 10.1 Å². The van der Waals surface area contributed by atoms with Crippen LogP contribution in [0.2, 0.25) is 0 Å². The number of carbonyl (C=O) groups excluding carboxylic acids is 2. The number of carbonyl (C=O) groups is 2. The zero-order chi connectivity index (χ0) is 10.1. The molecule has 0 aromatic rings. The molecule has 0 spiro atoms. The van der Waals surface area contributed by atoms with Crippen LogP contribution in [-0.4, -0.2) is 42.1 Å². The molecule has 0 bridgehead atoms. The molecule has 0 saturated carbocycles. The highest BCUT2D eigenvalue weighted by atomic mass is 16.5. The van der Waals surface area contributed by atoms with Crippen LogP contribution in [0.25, 0.3) is 0 Å². The molecular weight excluding hydrogens is 184 g/mol. The van der Waals surface area contributed by atoms with Gasteiger partial charge in [0.1, 0.15) is 6.54 Å². The van der Waals surface area contributed by atoms with Crippen molar-refractivity contribution in [3.63, 3.8) is 0 Å². The summed E-state index contributed by atoms with van der Waals surface area (Å²) in [6, 6.07) is -0.304. The van der Waals surface area contributed by atoms with Crippen molar-refractivity contribution in [1.29, 1.82) is 0 Å². The molecule has 78 valence electrons. The molecule has 2 atom stereocenters. The van der Waals surface area contributed by atoms with Crippen molar-refractivity contribution < 1.29 is 14.3 Å². The number of rotatable bonds is 2. The number of amides is 3. The van der Waals surface area contributed by atoms with Crippen LogP contribution < -0.4 is 5.32 Å². The van der Waals surface area contributed by atoms with Crippen LogP contribution in [-0.2, 0) is 9.53 Å². The number of ether oxygens (including phenoxy) is 1. The molecule has 2 fully saturated rings. The Morgan fingerprint density at radius 2 is 2.36 bits per heavy atom. The number of urea groups is 1. The van der Waals surface area contributed by atoms with Crippen LogP contribution in [0.3, 0.4) is 0 Å². The molecule has 0 aromatic carbocycles. The molecule has 0 aromatic heterocycles. The predicted molar refractivity (Wildman–Crippen MR) is 48.7 cm³/mol. The van der Waals surface area contributed by atoms with Crippen LogP contribution in [0, 0.1) is 0 Å². The molecule has 1 N–H and O–H groups in total. The minimum atomic E-state index is -0.294. The molecule has 2 saturated heterocycles. The fourth-order valence-corrected chi connectivity index (χ4v) is 1.97. The van der Waals surface area contributed by atoms with Crippen molar-refractivity contribution in [2.45, 2.75) is 31.9 Å². The van der Waals surface area contributed by atoms with Gasteiger partial charge in [0.2, 0.25) is 5.91 Å². The second-order valence-electron chi connectivity index (χ2n) is 3.77. The summed E-state index contributed by atoms with van der Waals surface area (Å²) in [7, 11) is 0. The van der Waals surface area contributed by atoms with Crippen LogP contribution in [0.1, 0.15) is 19.8 Å². The summed E-state index contributed by atoms with van der Waals surface area (Å²) in [6.45, 7) is 2.85. The number of imide groups is 1. The fraction of sp³-hybridized carbons (Fsp3) is 0.778. The highest BCUT2D eigenvalue weighted by molar-refractivity contribution is 6.02. The largest absolute Gasteiger partial charge is 0.376 e. The smallest absolute Gasteiger partial charge is 0.324 e. The van der Waals surface area contributed by atoms with Crippen LogP contribution in [0.5, 0.6) is 0 Å². The molecule has 5 heteroatoms. The number of hydrogen-bond donors (Lipinski definition) is 1. The molecule has 2 aliphatic rings. The fourth-order valence-electron chi connectivity index (χ4n) is 1.97. The zero-order valence-corrected chi connectivity index (χ0v) is 8.16. The molecule has 2 unspecified atom stereocenters. The van der Waals surface area contributed by atoms with E-state index in [1.807, 2.05) is 6.92 Å². The third-order valence-electron chi connectivity index (χ3n) is 2.82. The Bertz CT molecular complexity index is 261. The third kappa shape index (κ3) is 1.59. The van der Waals surface area contributed by atoms with Crippen molar-refractivity contribution in [1.82, 2.24) is 10.2 Å². The average Bonchev–Trinajstić information content (AvgIpc) is 2.73. The first-order valence-electron chi connectivity index (χ1n) is 4.90. The van der Waals surface area contributed by atoms with Gasteiger partial charge in [0.05, 0.1) is 12.1 Å². The van der Waals surface area contributed by atoms with Crippen molar-refractivity contribution in [3.05, 3.63) is 0 Å². The molecule has 2 aliphatic heterocycles. The number of hydrogen-bond acceptors (Lipinski definition) is 3. The lowest BCUT2D eigenvalue weighted by molar-refractivity contribution is -0.118. The Kier molecular flexibility index (Phi) is 2.41. The van der Waals surface area contributed by atoms with Crippen LogP contribution in [0.15, 0.2) is 0 Å². The lowest BCUT2D eigenvalue weighted by Gasteiger charge is -2.26. The molecule has 14 heavy (non-hydrogen) atoms. The summed E-state index contributed by atoms with van der Waals surface area (Å²) in [5, 5.41) is 2.26. The van der Waals surface area contributed by atoms with Gasteiger partial charge in [-0.1, -0.05) is 0 Å². The maximum absolute atomic E-state index is 11.3. The quantitative estimate of drug-likeness (QED) is 0.640. The van der Waals surface area contributed by atoms with Crippen LogP contribution in [0.4, 0.5) is 4.79 Å². The van der Waals surface area contributed by atoms with E-state index in [0.29, 0.717) is 0 Å². The van der Waals surface area contributed by atoms with Gasteiger partial charge in [0, 0.05) is 6.61 Å². The van der Waals surface area contributed by atoms with Gasteiger partial charge in [0.15, 0.2) is 0 Å². The lowest BCUT2D eigenvalue weighted by atomic mass is 10.1. The molecule has 0 radical (unpaired) electrons. The van der Waals surface area contributed by atoms with E-state index in [4.69, 9.17) is 4.74 Å². The molecule has 2 rings (SSSR count). The standard InChI is InChI=1S/C9H14N2O3/c1-6(7-3-2-4-14-7)11-5-8(12)10-9(11)13/h6-7H,2-5H2,1H3,(H,10,12,13). The molecule has 0 aliphatic carbocycles. The van der Waals surface area contributed by atoms with Gasteiger partial charge in [-0.15, -0.1) is 0 Å². The van der Waals surface area contributed by atoms with E-state index in [9.17, 15) is 9.59 Å². The normalized spacial score (nSPS) is 29.5. The number of nitrogens with zero attached hydrogens (tertiary/aromatic N) is 1. The first-order chi connectivity index (χ1) is 6.68. The van der Waals surface area contributed by atoms with Gasteiger partial charge in [-0.25, -0.2) is 4.79 Å². The van der Waals surface area contributed by atoms with Crippen molar-refractivity contribution in [2.24, 2.45) is 0 Å². The van der Waals surface area contributed by atoms with Crippen molar-refractivity contribution >= 4 is 11.9 Å². The molecule has 2 heterocycles. The van der Waals surface area contributed by atoms with Gasteiger partial charge < -0.3 is 9.64 Å². The minimum absolute atomic E-state index is 0.0102. The minimum Gasteiger partial charge on any atom is -0.376 e. The van der Waals surface area contributed by atoms with Gasteiger partial charge >= 0.3 is 6.03 Å². The third-order valence-corrected chi connectivity index (χ3v) is 2.82. The number of nitrogens with one attached hydrogen (secondary N) is 1. The Balaban J connectivity index is 1.99. The predicted octanol–water partition coefficient (Wildman–Crippen LogP) is 0.106. The highest BCUT2D eigenvalue weighted by Crippen LogP contribution is 2.20. The summed E-state index contributed by atoms with van der Waals surface area (Å²) < 4.78 is 5.48. The van der Waals surface area contributed by atoms with E-state index < -0.39 is 0 Å². The molecule has 5 nitrogen and oxygen atoms in total. The molecule has 3 amide bonds. The monoisotopic (exact) mass is 198 g/mol. The van der Waals surface area contributed by atoms with E-state index in [1.165, 1.54) is 0 Å². The van der Waals surface area contributed by atoms with Gasteiger partial charge in [-0.05, 0) is 19.8 Å². The summed E-state index contributed by atoms with van der Waals surface area (Å²) in [5.41, 5.74) is 0. The SMILES string of the molecule is CC(C1CCCO1)N1CC(=O)NC1=O. The summed E-state index contributed by atoms with van der Waals surface area (Å²) in [4.78, 5) is 23.8.